The minimum absolute atomic E-state index is 0.0897. The van der Waals surface area contributed by atoms with Gasteiger partial charge in [-0.3, -0.25) is 9.59 Å². The smallest absolute Gasteiger partial charge is 0.354 e. The fourth-order valence-corrected chi connectivity index (χ4v) is 4.37. The zero-order valence-corrected chi connectivity index (χ0v) is 18.9. The summed E-state index contributed by atoms with van der Waals surface area (Å²) in [4.78, 5) is 40.2. The number of amides is 1. The predicted molar refractivity (Wildman–Crippen MR) is 117 cm³/mol. The van der Waals surface area contributed by atoms with Crippen LogP contribution in [-0.2, 0) is 16.0 Å². The summed E-state index contributed by atoms with van der Waals surface area (Å²) >= 11 is 0. The van der Waals surface area contributed by atoms with Gasteiger partial charge in [-0.1, -0.05) is 12.1 Å². The Kier molecular flexibility index (Phi) is 7.45. The molecule has 1 aliphatic heterocycles. The first-order chi connectivity index (χ1) is 15.3. The first-order valence-electron chi connectivity index (χ1n) is 10.8. The number of aromatic nitrogens is 1. The Morgan fingerprint density at radius 1 is 1.25 bits per heavy atom. The third kappa shape index (κ3) is 4.60. The lowest BCUT2D eigenvalue weighted by molar-refractivity contribution is 0.0503. The SMILES string of the molecule is CCn1c(C)c(C(=O)CN(CC2CCCO2)C(=O)c2ccccc2F)c(C)c1C(=O)OC. The molecule has 172 valence electrons. The van der Waals surface area contributed by atoms with E-state index >= 15 is 0 Å². The number of hydrogen-bond donors (Lipinski definition) is 0. The van der Waals surface area contributed by atoms with Crippen LogP contribution >= 0.6 is 0 Å². The highest BCUT2D eigenvalue weighted by molar-refractivity contribution is 6.06. The van der Waals surface area contributed by atoms with E-state index in [4.69, 9.17) is 9.47 Å². The van der Waals surface area contributed by atoms with Gasteiger partial charge in [0, 0.05) is 31.0 Å². The van der Waals surface area contributed by atoms with Gasteiger partial charge in [0.25, 0.3) is 5.91 Å². The van der Waals surface area contributed by atoms with Crippen LogP contribution < -0.4 is 0 Å². The average Bonchev–Trinajstić information content (AvgIpc) is 3.37. The highest BCUT2D eigenvalue weighted by atomic mass is 19.1. The Morgan fingerprint density at radius 2 is 1.97 bits per heavy atom. The summed E-state index contributed by atoms with van der Waals surface area (Å²) in [6, 6.07) is 5.72. The summed E-state index contributed by atoms with van der Waals surface area (Å²) < 4.78 is 26.6. The molecule has 2 heterocycles. The van der Waals surface area contributed by atoms with E-state index in [9.17, 15) is 18.8 Å². The summed E-state index contributed by atoms with van der Waals surface area (Å²) in [5, 5.41) is 0. The van der Waals surface area contributed by atoms with Gasteiger partial charge in [0.15, 0.2) is 5.78 Å². The van der Waals surface area contributed by atoms with Crippen molar-refractivity contribution in [1.29, 1.82) is 0 Å². The molecule has 1 fully saturated rings. The predicted octanol–water partition coefficient (Wildman–Crippen LogP) is 3.55. The highest BCUT2D eigenvalue weighted by Gasteiger charge is 2.31. The summed E-state index contributed by atoms with van der Waals surface area (Å²) in [6.07, 6.45) is 1.44. The molecule has 3 rings (SSSR count). The van der Waals surface area contributed by atoms with Gasteiger partial charge in [0.1, 0.15) is 11.5 Å². The molecule has 1 saturated heterocycles. The van der Waals surface area contributed by atoms with Crippen LogP contribution in [0, 0.1) is 19.7 Å². The number of esters is 1. The molecule has 1 unspecified atom stereocenters. The van der Waals surface area contributed by atoms with Crippen LogP contribution in [0.2, 0.25) is 0 Å². The number of hydrogen-bond acceptors (Lipinski definition) is 5. The van der Waals surface area contributed by atoms with Crippen LogP contribution in [0.5, 0.6) is 0 Å². The monoisotopic (exact) mass is 444 g/mol. The van der Waals surface area contributed by atoms with Crippen molar-refractivity contribution in [2.24, 2.45) is 0 Å². The van der Waals surface area contributed by atoms with E-state index < -0.39 is 17.7 Å². The fraction of sp³-hybridized carbons (Fsp3) is 0.458. The second-order valence-electron chi connectivity index (χ2n) is 7.89. The number of halogens is 1. The minimum Gasteiger partial charge on any atom is -0.464 e. The third-order valence-corrected chi connectivity index (χ3v) is 5.91. The normalized spacial score (nSPS) is 15.6. The zero-order chi connectivity index (χ0) is 23.4. The van der Waals surface area contributed by atoms with Crippen molar-refractivity contribution in [2.45, 2.75) is 46.3 Å². The Hall–Kier alpha value is -3.00. The molecule has 0 bridgehead atoms. The number of Topliss-reactive ketones (excluding diaryl/α,β-unsaturated/α-hetero) is 1. The number of nitrogens with zero attached hydrogens (tertiary/aromatic N) is 2. The molecule has 0 aliphatic carbocycles. The van der Waals surface area contributed by atoms with Crippen LogP contribution in [0.15, 0.2) is 24.3 Å². The topological polar surface area (TPSA) is 77.8 Å². The van der Waals surface area contributed by atoms with Crippen molar-refractivity contribution in [3.05, 3.63) is 58.2 Å². The Bertz CT molecular complexity index is 1020. The number of ketones is 1. The maximum Gasteiger partial charge on any atom is 0.354 e. The van der Waals surface area contributed by atoms with Gasteiger partial charge in [-0.15, -0.1) is 0 Å². The number of carbonyl (C=O) groups is 3. The van der Waals surface area contributed by atoms with Crippen molar-refractivity contribution in [3.8, 4) is 0 Å². The molecule has 1 aliphatic rings. The zero-order valence-electron chi connectivity index (χ0n) is 18.9. The van der Waals surface area contributed by atoms with E-state index in [1.807, 2.05) is 6.92 Å². The van der Waals surface area contributed by atoms with E-state index in [0.717, 1.165) is 12.8 Å². The molecule has 0 saturated carbocycles. The lowest BCUT2D eigenvalue weighted by Crippen LogP contribution is -2.41. The summed E-state index contributed by atoms with van der Waals surface area (Å²) in [7, 11) is 1.29. The number of benzene rings is 1. The first kappa shape index (κ1) is 23.7. The maximum absolute atomic E-state index is 14.3. The number of ether oxygens (including phenoxy) is 2. The Morgan fingerprint density at radius 3 is 2.56 bits per heavy atom. The molecular weight excluding hydrogens is 415 g/mol. The Labute approximate surface area is 187 Å². The van der Waals surface area contributed by atoms with Gasteiger partial charge in [-0.05, 0) is 51.3 Å². The largest absolute Gasteiger partial charge is 0.464 e. The molecule has 1 atom stereocenters. The van der Waals surface area contributed by atoms with Crippen molar-refractivity contribution in [1.82, 2.24) is 9.47 Å². The molecule has 1 aromatic carbocycles. The molecular formula is C24H29FN2O5. The molecule has 0 radical (unpaired) electrons. The molecule has 8 heteroatoms. The maximum atomic E-state index is 14.3. The van der Waals surface area contributed by atoms with E-state index in [1.165, 1.54) is 30.2 Å². The van der Waals surface area contributed by atoms with Gasteiger partial charge in [-0.2, -0.15) is 0 Å². The van der Waals surface area contributed by atoms with Crippen LogP contribution in [0.4, 0.5) is 4.39 Å². The summed E-state index contributed by atoms with van der Waals surface area (Å²) in [5.74, 6) is -2.05. The second-order valence-corrected chi connectivity index (χ2v) is 7.89. The molecule has 2 aromatic rings. The van der Waals surface area contributed by atoms with Crippen molar-refractivity contribution >= 4 is 17.7 Å². The van der Waals surface area contributed by atoms with E-state index in [2.05, 4.69) is 0 Å². The second kappa shape index (κ2) is 10.1. The van der Waals surface area contributed by atoms with E-state index in [-0.39, 0.29) is 30.5 Å². The quantitative estimate of drug-likeness (QED) is 0.460. The molecule has 1 amide bonds. The van der Waals surface area contributed by atoms with E-state index in [1.54, 1.807) is 24.5 Å². The van der Waals surface area contributed by atoms with Gasteiger partial charge in [0.2, 0.25) is 0 Å². The Balaban J connectivity index is 1.95. The van der Waals surface area contributed by atoms with Gasteiger partial charge >= 0.3 is 5.97 Å². The van der Waals surface area contributed by atoms with Gasteiger partial charge in [-0.25, -0.2) is 9.18 Å². The molecule has 7 nitrogen and oxygen atoms in total. The minimum atomic E-state index is -0.639. The van der Waals surface area contributed by atoms with Crippen LogP contribution in [-0.4, -0.2) is 60.0 Å². The number of methoxy groups -OCH3 is 1. The number of rotatable bonds is 8. The standard InChI is InChI=1S/C24H29FN2O5/c1-5-27-16(3)21(15(2)22(27)24(30)31-4)20(28)14-26(13-17-9-8-12-32-17)23(29)18-10-6-7-11-19(18)25/h6-7,10-11,17H,5,8-9,12-14H2,1-4H3. The first-order valence-corrected chi connectivity index (χ1v) is 10.8. The van der Waals surface area contributed by atoms with Crippen LogP contribution in [0.25, 0.3) is 0 Å². The lowest BCUT2D eigenvalue weighted by atomic mass is 10.0. The average molecular weight is 445 g/mol. The van der Waals surface area contributed by atoms with E-state index in [0.29, 0.717) is 35.7 Å². The van der Waals surface area contributed by atoms with Crippen molar-refractivity contribution < 1.29 is 28.2 Å². The molecule has 0 N–H and O–H groups in total. The highest BCUT2D eigenvalue weighted by Crippen LogP contribution is 2.25. The van der Waals surface area contributed by atoms with Crippen molar-refractivity contribution in [3.63, 3.8) is 0 Å². The third-order valence-electron chi connectivity index (χ3n) is 5.91. The lowest BCUT2D eigenvalue weighted by Gasteiger charge is -2.25. The van der Waals surface area contributed by atoms with Crippen LogP contribution in [0.1, 0.15) is 62.2 Å². The van der Waals surface area contributed by atoms with Crippen molar-refractivity contribution in [2.75, 3.05) is 26.8 Å². The molecule has 0 spiro atoms. The van der Waals surface area contributed by atoms with Gasteiger partial charge in [0.05, 0.1) is 25.3 Å². The molecule has 32 heavy (non-hydrogen) atoms. The fourth-order valence-electron chi connectivity index (χ4n) is 4.37. The molecule has 1 aromatic heterocycles. The summed E-state index contributed by atoms with van der Waals surface area (Å²) in [6.45, 7) is 6.36. The van der Waals surface area contributed by atoms with Gasteiger partial charge < -0.3 is 18.9 Å². The summed E-state index contributed by atoms with van der Waals surface area (Å²) in [5.41, 5.74) is 1.75. The number of carbonyl (C=O) groups excluding carboxylic acids is 3. The van der Waals surface area contributed by atoms with Crippen LogP contribution in [0.3, 0.4) is 0 Å².